The number of aromatic nitrogens is 2. The Labute approximate surface area is 107 Å². The van der Waals surface area contributed by atoms with Crippen molar-refractivity contribution in [3.05, 3.63) is 17.7 Å². The number of hydrogen-bond donors (Lipinski definition) is 0. The van der Waals surface area contributed by atoms with Gasteiger partial charge in [0.15, 0.2) is 0 Å². The van der Waals surface area contributed by atoms with Gasteiger partial charge in [0.2, 0.25) is 5.91 Å². The molecule has 0 N–H and O–H groups in total. The predicted octanol–water partition coefficient (Wildman–Crippen LogP) is 0.401. The largest absolute Gasteiger partial charge is 0.341 e. The number of aryl methyl sites for hydroxylation is 1. The van der Waals surface area contributed by atoms with Crippen LogP contribution in [0.1, 0.15) is 24.2 Å². The van der Waals surface area contributed by atoms with Crippen LogP contribution in [0.4, 0.5) is 0 Å². The predicted molar refractivity (Wildman–Crippen MR) is 68.0 cm³/mol. The van der Waals surface area contributed by atoms with E-state index in [1.807, 2.05) is 11.2 Å². The monoisotopic (exact) mass is 248 g/mol. The highest BCUT2D eigenvalue weighted by molar-refractivity contribution is 5.78. The number of hydrogen-bond acceptors (Lipinski definition) is 3. The van der Waals surface area contributed by atoms with Crippen molar-refractivity contribution in [2.45, 2.75) is 25.8 Å². The molecule has 18 heavy (non-hydrogen) atoms. The van der Waals surface area contributed by atoms with E-state index >= 15 is 0 Å². The maximum Gasteiger partial charge on any atom is 0.222 e. The number of nitrogens with zero attached hydrogens (tertiary/aromatic N) is 4. The lowest BCUT2D eigenvalue weighted by Crippen LogP contribution is -2.38. The third-order valence-electron chi connectivity index (χ3n) is 4.04. The molecule has 0 atom stereocenters. The highest BCUT2D eigenvalue weighted by atomic mass is 16.2. The second-order valence-electron chi connectivity index (χ2n) is 5.26. The van der Waals surface area contributed by atoms with E-state index < -0.39 is 0 Å². The van der Waals surface area contributed by atoms with Gasteiger partial charge >= 0.3 is 0 Å². The van der Waals surface area contributed by atoms with Crippen molar-refractivity contribution in [2.75, 3.05) is 26.2 Å². The topological polar surface area (TPSA) is 41.4 Å². The van der Waals surface area contributed by atoms with Crippen LogP contribution < -0.4 is 0 Å². The van der Waals surface area contributed by atoms with E-state index in [9.17, 15) is 4.79 Å². The fourth-order valence-corrected chi connectivity index (χ4v) is 2.91. The fraction of sp³-hybridized carbons (Fsp3) is 0.692. The molecule has 1 aromatic rings. The summed E-state index contributed by atoms with van der Waals surface area (Å²) in [6, 6.07) is 0. The minimum Gasteiger partial charge on any atom is -0.341 e. The summed E-state index contributed by atoms with van der Waals surface area (Å²) < 4.78 is 2.12. The zero-order valence-electron chi connectivity index (χ0n) is 10.9. The molecule has 3 heterocycles. The van der Waals surface area contributed by atoms with Gasteiger partial charge in [-0.1, -0.05) is 0 Å². The Hall–Kier alpha value is -1.36. The molecule has 0 aromatic carbocycles. The molecule has 2 aliphatic rings. The van der Waals surface area contributed by atoms with Crippen molar-refractivity contribution in [1.82, 2.24) is 19.4 Å². The fourth-order valence-electron chi connectivity index (χ4n) is 2.91. The molecule has 0 bridgehead atoms. The van der Waals surface area contributed by atoms with E-state index in [-0.39, 0.29) is 0 Å². The summed E-state index contributed by atoms with van der Waals surface area (Å²) in [4.78, 5) is 20.4. The molecular formula is C13H20N4O. The van der Waals surface area contributed by atoms with Crippen molar-refractivity contribution < 1.29 is 4.79 Å². The van der Waals surface area contributed by atoms with Gasteiger partial charge in [-0.15, -0.1) is 0 Å². The van der Waals surface area contributed by atoms with Gasteiger partial charge in [0.05, 0.1) is 12.0 Å². The first-order chi connectivity index (χ1) is 8.74. The molecule has 98 valence electrons. The standard InChI is InChI=1S/C13H20N4O/c1-15-10-14-11-9-16(6-4-12(11)15)7-8-17-5-2-3-13(17)18/h10H,2-9H2,1H3. The normalized spacial score (nSPS) is 20.5. The minimum absolute atomic E-state index is 0.325. The summed E-state index contributed by atoms with van der Waals surface area (Å²) in [6.07, 6.45) is 4.74. The third-order valence-corrected chi connectivity index (χ3v) is 4.04. The quantitative estimate of drug-likeness (QED) is 0.777. The molecule has 1 aromatic heterocycles. The van der Waals surface area contributed by atoms with Gasteiger partial charge in [-0.3, -0.25) is 9.69 Å². The first-order valence-electron chi connectivity index (χ1n) is 6.73. The van der Waals surface area contributed by atoms with Gasteiger partial charge in [-0.05, 0) is 6.42 Å². The molecule has 5 nitrogen and oxygen atoms in total. The highest BCUT2D eigenvalue weighted by Gasteiger charge is 2.23. The number of amides is 1. The number of fused-ring (bicyclic) bond motifs is 1. The van der Waals surface area contributed by atoms with E-state index in [1.165, 1.54) is 11.4 Å². The van der Waals surface area contributed by atoms with Crippen LogP contribution >= 0.6 is 0 Å². The van der Waals surface area contributed by atoms with Crippen LogP contribution in [0.3, 0.4) is 0 Å². The van der Waals surface area contributed by atoms with Gasteiger partial charge in [0.1, 0.15) is 0 Å². The van der Waals surface area contributed by atoms with Crippen molar-refractivity contribution >= 4 is 5.91 Å². The van der Waals surface area contributed by atoms with Crippen LogP contribution in [0.2, 0.25) is 0 Å². The van der Waals surface area contributed by atoms with E-state index in [4.69, 9.17) is 0 Å². The molecule has 0 radical (unpaired) electrons. The Morgan fingerprint density at radius 3 is 2.94 bits per heavy atom. The number of carbonyl (C=O) groups is 1. The zero-order chi connectivity index (χ0) is 12.5. The Bertz CT molecular complexity index is 454. The van der Waals surface area contributed by atoms with Gasteiger partial charge in [0.25, 0.3) is 0 Å². The maximum absolute atomic E-state index is 11.5. The van der Waals surface area contributed by atoms with Crippen molar-refractivity contribution in [2.24, 2.45) is 7.05 Å². The van der Waals surface area contributed by atoms with Crippen molar-refractivity contribution in [1.29, 1.82) is 0 Å². The average molecular weight is 248 g/mol. The lowest BCUT2D eigenvalue weighted by atomic mass is 10.1. The number of imidazole rings is 1. The molecule has 3 rings (SSSR count). The molecule has 0 unspecified atom stereocenters. The van der Waals surface area contributed by atoms with Crippen LogP contribution in [0.5, 0.6) is 0 Å². The van der Waals surface area contributed by atoms with E-state index in [0.29, 0.717) is 5.91 Å². The molecule has 0 saturated carbocycles. The van der Waals surface area contributed by atoms with E-state index in [2.05, 4.69) is 21.5 Å². The summed E-state index contributed by atoms with van der Waals surface area (Å²) in [5.41, 5.74) is 2.57. The summed E-state index contributed by atoms with van der Waals surface area (Å²) in [5.74, 6) is 0.325. The van der Waals surface area contributed by atoms with Crippen LogP contribution in [0.25, 0.3) is 0 Å². The van der Waals surface area contributed by atoms with E-state index in [1.54, 1.807) is 0 Å². The van der Waals surface area contributed by atoms with Gasteiger partial charge in [-0.25, -0.2) is 4.98 Å². The molecule has 1 fully saturated rings. The maximum atomic E-state index is 11.5. The van der Waals surface area contributed by atoms with Gasteiger partial charge in [-0.2, -0.15) is 0 Å². The number of likely N-dealkylation sites (tertiary alicyclic amines) is 1. The average Bonchev–Trinajstić information content (AvgIpc) is 2.94. The Morgan fingerprint density at radius 2 is 2.17 bits per heavy atom. The minimum atomic E-state index is 0.325. The lowest BCUT2D eigenvalue weighted by molar-refractivity contribution is -0.127. The highest BCUT2D eigenvalue weighted by Crippen LogP contribution is 2.17. The first kappa shape index (κ1) is 11.7. The molecular weight excluding hydrogens is 228 g/mol. The van der Waals surface area contributed by atoms with Crippen molar-refractivity contribution in [3.8, 4) is 0 Å². The number of carbonyl (C=O) groups excluding carboxylic acids is 1. The summed E-state index contributed by atoms with van der Waals surface area (Å²) in [6.45, 7) is 4.80. The van der Waals surface area contributed by atoms with Crippen LogP contribution in [0, 0.1) is 0 Å². The lowest BCUT2D eigenvalue weighted by Gasteiger charge is -2.28. The van der Waals surface area contributed by atoms with Crippen LogP contribution in [0.15, 0.2) is 6.33 Å². The Morgan fingerprint density at radius 1 is 1.28 bits per heavy atom. The third kappa shape index (κ3) is 2.14. The molecule has 2 aliphatic heterocycles. The molecule has 0 aliphatic carbocycles. The van der Waals surface area contributed by atoms with Crippen LogP contribution in [-0.2, 0) is 24.8 Å². The molecule has 5 heteroatoms. The van der Waals surface area contributed by atoms with Gasteiger partial charge in [0, 0.05) is 58.3 Å². The summed E-state index contributed by atoms with van der Waals surface area (Å²) >= 11 is 0. The first-order valence-corrected chi connectivity index (χ1v) is 6.73. The molecule has 1 amide bonds. The van der Waals surface area contributed by atoms with Gasteiger partial charge < -0.3 is 9.47 Å². The SMILES string of the molecule is Cn1cnc2c1CCN(CCN1CCCC1=O)C2. The van der Waals surface area contributed by atoms with Crippen LogP contribution in [-0.4, -0.2) is 51.4 Å². The molecule has 1 saturated heterocycles. The van der Waals surface area contributed by atoms with Crippen molar-refractivity contribution in [3.63, 3.8) is 0 Å². The second kappa shape index (κ2) is 4.72. The second-order valence-corrected chi connectivity index (χ2v) is 5.26. The zero-order valence-corrected chi connectivity index (χ0v) is 10.9. The van der Waals surface area contributed by atoms with E-state index in [0.717, 1.165) is 52.0 Å². The summed E-state index contributed by atoms with van der Waals surface area (Å²) in [5, 5.41) is 0. The Kier molecular flexibility index (Phi) is 3.07. The Balaban J connectivity index is 1.55. The smallest absolute Gasteiger partial charge is 0.222 e. The number of rotatable bonds is 3. The molecule has 0 spiro atoms. The summed E-state index contributed by atoms with van der Waals surface area (Å²) in [7, 11) is 2.06.